The van der Waals surface area contributed by atoms with Crippen molar-refractivity contribution >= 4 is 5.97 Å². The van der Waals surface area contributed by atoms with E-state index in [0.29, 0.717) is 25.9 Å². The molecule has 1 fully saturated rings. The Bertz CT molecular complexity index is 402. The predicted molar refractivity (Wildman–Crippen MR) is 70.9 cm³/mol. The van der Waals surface area contributed by atoms with Crippen molar-refractivity contribution < 1.29 is 14.6 Å². The largest absolute Gasteiger partial charge is 0.480 e. The van der Waals surface area contributed by atoms with Crippen molar-refractivity contribution in [1.29, 1.82) is 0 Å². The molecule has 19 heavy (non-hydrogen) atoms. The Morgan fingerprint density at radius 3 is 2.53 bits per heavy atom. The monoisotopic (exact) mass is 270 g/mol. The highest BCUT2D eigenvalue weighted by Crippen LogP contribution is 2.45. The van der Waals surface area contributed by atoms with Crippen LogP contribution >= 0.6 is 0 Å². The zero-order valence-electron chi connectivity index (χ0n) is 11.9. The minimum Gasteiger partial charge on any atom is -0.480 e. The van der Waals surface area contributed by atoms with Crippen molar-refractivity contribution in [2.24, 2.45) is 5.11 Å². The van der Waals surface area contributed by atoms with E-state index in [2.05, 4.69) is 15.3 Å². The summed E-state index contributed by atoms with van der Waals surface area (Å²) in [6, 6.07) is 0. The summed E-state index contributed by atoms with van der Waals surface area (Å²) in [5.41, 5.74) is 5.78. The highest BCUT2D eigenvalue weighted by Gasteiger charge is 2.61. The number of aliphatic carboxylic acids is 1. The molecule has 0 aromatic rings. The fourth-order valence-electron chi connectivity index (χ4n) is 2.85. The summed E-state index contributed by atoms with van der Waals surface area (Å²) in [5.74, 6) is -0.910. The minimum absolute atomic E-state index is 0.351. The van der Waals surface area contributed by atoms with Gasteiger partial charge >= 0.3 is 5.97 Å². The van der Waals surface area contributed by atoms with E-state index in [1.807, 2.05) is 13.8 Å². The minimum atomic E-state index is -1.12. The molecular weight excluding hydrogens is 248 g/mol. The van der Waals surface area contributed by atoms with E-state index >= 15 is 0 Å². The fraction of sp³-hybridized carbons (Fsp3) is 0.917. The van der Waals surface area contributed by atoms with E-state index in [9.17, 15) is 9.90 Å². The third kappa shape index (κ3) is 3.18. The number of nitrogens with zero attached hydrogens (tertiary/aromatic N) is 3. The molecule has 1 aliphatic heterocycles. The van der Waals surface area contributed by atoms with Crippen molar-refractivity contribution in [2.45, 2.75) is 57.3 Å². The molecule has 7 heteroatoms. The summed E-state index contributed by atoms with van der Waals surface area (Å²) >= 11 is 0. The number of hydrogen-bond donors (Lipinski definition) is 2. The number of carboxylic acids is 1. The lowest BCUT2D eigenvalue weighted by molar-refractivity contribution is -0.153. The first kappa shape index (κ1) is 15.8. The van der Waals surface area contributed by atoms with Gasteiger partial charge in [0, 0.05) is 17.9 Å². The van der Waals surface area contributed by atoms with E-state index in [1.165, 1.54) is 0 Å². The Labute approximate surface area is 113 Å². The molecule has 0 aliphatic carbocycles. The van der Waals surface area contributed by atoms with Crippen LogP contribution in [-0.4, -0.2) is 40.9 Å². The first-order chi connectivity index (χ1) is 8.67. The second-order valence-electron chi connectivity index (χ2n) is 5.99. The molecule has 1 rings (SSSR count). The molecule has 1 aliphatic rings. The van der Waals surface area contributed by atoms with Crippen molar-refractivity contribution in [2.75, 3.05) is 13.1 Å². The molecule has 0 bridgehead atoms. The van der Waals surface area contributed by atoms with Gasteiger partial charge in [-0.1, -0.05) is 5.11 Å². The van der Waals surface area contributed by atoms with E-state index in [4.69, 9.17) is 10.3 Å². The molecule has 0 radical (unpaired) electrons. The van der Waals surface area contributed by atoms with Gasteiger partial charge in [0.1, 0.15) is 5.54 Å². The molecule has 0 amide bonds. The molecule has 0 aromatic carbocycles. The van der Waals surface area contributed by atoms with Crippen LogP contribution in [0.1, 0.15) is 40.5 Å². The molecule has 108 valence electrons. The van der Waals surface area contributed by atoms with Crippen LogP contribution in [0.5, 0.6) is 0 Å². The van der Waals surface area contributed by atoms with E-state index < -0.39 is 22.7 Å². The SMILES string of the molecule is CC1(C)CC(NCCCN=[N+]=[N-])(C(=O)O)C(C)(C)O1. The van der Waals surface area contributed by atoms with Gasteiger partial charge in [-0.2, -0.15) is 0 Å². The highest BCUT2D eigenvalue weighted by atomic mass is 16.5. The molecule has 1 unspecified atom stereocenters. The molecule has 0 aromatic heterocycles. The average molecular weight is 270 g/mol. The molecule has 0 spiro atoms. The number of ether oxygens (including phenoxy) is 1. The van der Waals surface area contributed by atoms with Crippen LogP contribution in [0.4, 0.5) is 0 Å². The predicted octanol–water partition coefficient (Wildman–Crippen LogP) is 2.08. The lowest BCUT2D eigenvalue weighted by atomic mass is 9.79. The number of carbonyl (C=O) groups is 1. The normalized spacial score (nSPS) is 27.8. The van der Waals surface area contributed by atoms with Crippen LogP contribution < -0.4 is 5.32 Å². The Kier molecular flexibility index (Phi) is 4.45. The van der Waals surface area contributed by atoms with Crippen LogP contribution in [0, 0.1) is 0 Å². The second kappa shape index (κ2) is 5.36. The standard InChI is InChI=1S/C12H22N4O3/c1-10(2)8-12(9(17)18,11(3,4)19-10)14-6-5-7-15-16-13/h14H,5-8H2,1-4H3,(H,17,18). The Balaban J connectivity index is 2.81. The maximum atomic E-state index is 11.7. The van der Waals surface area contributed by atoms with Gasteiger partial charge in [0.15, 0.2) is 0 Å². The van der Waals surface area contributed by atoms with Gasteiger partial charge in [-0.25, -0.2) is 0 Å². The molecular formula is C12H22N4O3. The quantitative estimate of drug-likeness (QED) is 0.333. The van der Waals surface area contributed by atoms with Crippen molar-refractivity contribution in [3.8, 4) is 0 Å². The van der Waals surface area contributed by atoms with Crippen LogP contribution in [0.3, 0.4) is 0 Å². The lowest BCUT2D eigenvalue weighted by Crippen LogP contribution is -2.62. The van der Waals surface area contributed by atoms with Crippen LogP contribution in [-0.2, 0) is 9.53 Å². The first-order valence-corrected chi connectivity index (χ1v) is 6.36. The Hall–Kier alpha value is -1.30. The molecule has 1 saturated heterocycles. The summed E-state index contributed by atoms with van der Waals surface area (Å²) in [6.07, 6.45) is 0.986. The van der Waals surface area contributed by atoms with Crippen molar-refractivity contribution in [3.05, 3.63) is 10.4 Å². The zero-order valence-corrected chi connectivity index (χ0v) is 11.9. The van der Waals surface area contributed by atoms with Gasteiger partial charge in [0.2, 0.25) is 0 Å². The smallest absolute Gasteiger partial charge is 0.327 e. The molecule has 7 nitrogen and oxygen atoms in total. The number of nitrogens with one attached hydrogen (secondary N) is 1. The van der Waals surface area contributed by atoms with Crippen LogP contribution in [0.15, 0.2) is 5.11 Å². The van der Waals surface area contributed by atoms with Gasteiger partial charge in [-0.15, -0.1) is 0 Å². The Morgan fingerprint density at radius 1 is 1.47 bits per heavy atom. The van der Waals surface area contributed by atoms with Crippen molar-refractivity contribution in [3.63, 3.8) is 0 Å². The third-order valence-electron chi connectivity index (χ3n) is 3.54. The molecule has 1 heterocycles. The van der Waals surface area contributed by atoms with Crippen molar-refractivity contribution in [1.82, 2.24) is 5.32 Å². The summed E-state index contributed by atoms with van der Waals surface area (Å²) in [7, 11) is 0. The number of carboxylic acid groups (broad SMARTS) is 1. The summed E-state index contributed by atoms with van der Waals surface area (Å²) in [4.78, 5) is 14.4. The Morgan fingerprint density at radius 2 is 2.11 bits per heavy atom. The summed E-state index contributed by atoms with van der Waals surface area (Å²) in [6.45, 7) is 8.17. The summed E-state index contributed by atoms with van der Waals surface area (Å²) < 4.78 is 5.87. The van der Waals surface area contributed by atoms with Crippen LogP contribution in [0.2, 0.25) is 0 Å². The fourth-order valence-corrected chi connectivity index (χ4v) is 2.85. The van der Waals surface area contributed by atoms with Gasteiger partial charge in [-0.05, 0) is 46.2 Å². The van der Waals surface area contributed by atoms with Crippen LogP contribution in [0.25, 0.3) is 10.4 Å². The third-order valence-corrected chi connectivity index (χ3v) is 3.54. The lowest BCUT2D eigenvalue weighted by Gasteiger charge is -2.36. The van der Waals surface area contributed by atoms with Gasteiger partial charge < -0.3 is 9.84 Å². The second-order valence-corrected chi connectivity index (χ2v) is 5.99. The average Bonchev–Trinajstić information content (AvgIpc) is 2.43. The zero-order chi connectivity index (χ0) is 14.7. The molecule has 0 saturated carbocycles. The number of azide groups is 1. The topological polar surface area (TPSA) is 107 Å². The molecule has 1 atom stereocenters. The number of rotatable bonds is 6. The first-order valence-electron chi connectivity index (χ1n) is 6.36. The summed E-state index contributed by atoms with van der Waals surface area (Å²) in [5, 5.41) is 16.1. The molecule has 2 N–H and O–H groups in total. The number of hydrogen-bond acceptors (Lipinski definition) is 4. The van der Waals surface area contributed by atoms with E-state index in [-0.39, 0.29) is 0 Å². The maximum Gasteiger partial charge on any atom is 0.327 e. The van der Waals surface area contributed by atoms with E-state index in [1.54, 1.807) is 13.8 Å². The van der Waals surface area contributed by atoms with Gasteiger partial charge in [0.25, 0.3) is 0 Å². The van der Waals surface area contributed by atoms with E-state index in [0.717, 1.165) is 0 Å². The van der Waals surface area contributed by atoms with Gasteiger partial charge in [-0.3, -0.25) is 10.1 Å². The van der Waals surface area contributed by atoms with Gasteiger partial charge in [0.05, 0.1) is 11.2 Å². The highest BCUT2D eigenvalue weighted by molar-refractivity contribution is 5.81. The maximum absolute atomic E-state index is 11.7.